The molecule has 1 saturated heterocycles. The summed E-state index contributed by atoms with van der Waals surface area (Å²) in [5, 5.41) is 20.7. The van der Waals surface area contributed by atoms with E-state index >= 15 is 0 Å². The van der Waals surface area contributed by atoms with Crippen LogP contribution in [0.25, 0.3) is 11.0 Å². The lowest BCUT2D eigenvalue weighted by Gasteiger charge is -2.43. The predicted octanol–water partition coefficient (Wildman–Crippen LogP) is 4.20. The molecule has 0 unspecified atom stereocenters. The third-order valence-corrected chi connectivity index (χ3v) is 7.92. The fourth-order valence-electron chi connectivity index (χ4n) is 5.61. The topological polar surface area (TPSA) is 94.6 Å². The summed E-state index contributed by atoms with van der Waals surface area (Å²) >= 11 is 6.20. The Hall–Kier alpha value is -3.35. The van der Waals surface area contributed by atoms with Crippen LogP contribution in [0.4, 0.5) is 15.8 Å². The van der Waals surface area contributed by atoms with Gasteiger partial charge in [-0.2, -0.15) is 5.26 Å². The maximum Gasteiger partial charge on any atom is 0.270 e. The molecule has 37 heavy (non-hydrogen) atoms. The van der Waals surface area contributed by atoms with E-state index in [2.05, 4.69) is 16.0 Å². The molecule has 1 saturated carbocycles. The molecule has 0 atom stereocenters. The normalized spacial score (nSPS) is 19.9. The molecule has 3 heterocycles. The summed E-state index contributed by atoms with van der Waals surface area (Å²) in [7, 11) is 3.53. The van der Waals surface area contributed by atoms with Gasteiger partial charge in [0.2, 0.25) is 0 Å². The van der Waals surface area contributed by atoms with Crippen LogP contribution in [0.15, 0.2) is 35.1 Å². The predicted molar refractivity (Wildman–Crippen MR) is 141 cm³/mol. The molecule has 8 nitrogen and oxygen atoms in total. The van der Waals surface area contributed by atoms with Gasteiger partial charge in [-0.1, -0.05) is 11.6 Å². The zero-order valence-electron chi connectivity index (χ0n) is 20.8. The summed E-state index contributed by atoms with van der Waals surface area (Å²) in [5.74, 6) is -0.166. The van der Waals surface area contributed by atoms with Crippen LogP contribution < -0.4 is 15.4 Å². The van der Waals surface area contributed by atoms with E-state index in [9.17, 15) is 19.6 Å². The monoisotopic (exact) mass is 525 g/mol. The molecule has 2 aromatic heterocycles. The molecule has 0 radical (unpaired) electrons. The number of benzene rings is 1. The van der Waals surface area contributed by atoms with Crippen molar-refractivity contribution in [2.24, 2.45) is 13.0 Å². The molecule has 1 aliphatic carbocycles. The van der Waals surface area contributed by atoms with E-state index < -0.39 is 5.82 Å². The quantitative estimate of drug-likeness (QED) is 0.482. The standard InChI is InChI=1S/C27H29ClFN5O3/c1-32(26-20(12-30)27(36)33(2)22-9-10-24(28)31-25(22)26)18-4-6-19(7-5-18)34(13-16-14-37-15-16)21-8-3-17(29)11-23(21)35/h3,8-11,16,18-19,35H,4-7,13-15H2,1-2H3. The molecule has 194 valence electrons. The van der Waals surface area contributed by atoms with Gasteiger partial charge in [0.25, 0.3) is 5.56 Å². The SMILES string of the molecule is CN(c1c(C#N)c(=O)n(C)c2ccc(Cl)nc12)C1CCC(N(CC2COC2)c2ccc(F)cc2O)CC1. The van der Waals surface area contributed by atoms with Crippen molar-refractivity contribution in [3.8, 4) is 11.8 Å². The Morgan fingerprint density at radius 3 is 2.54 bits per heavy atom. The first-order valence-electron chi connectivity index (χ1n) is 12.4. The Kier molecular flexibility index (Phi) is 6.97. The van der Waals surface area contributed by atoms with Crippen molar-refractivity contribution < 1.29 is 14.2 Å². The first-order valence-corrected chi connectivity index (χ1v) is 12.8. The number of anilines is 2. The molecule has 1 N–H and O–H groups in total. The average Bonchev–Trinajstić information content (AvgIpc) is 2.86. The summed E-state index contributed by atoms with van der Waals surface area (Å²) < 4.78 is 20.5. The summed E-state index contributed by atoms with van der Waals surface area (Å²) in [6, 6.07) is 9.89. The highest BCUT2D eigenvalue weighted by Gasteiger charge is 2.33. The molecule has 5 rings (SSSR count). The summed E-state index contributed by atoms with van der Waals surface area (Å²) in [5.41, 5.74) is 1.97. The second-order valence-corrected chi connectivity index (χ2v) is 10.4. The number of nitriles is 1. The van der Waals surface area contributed by atoms with E-state index in [0.717, 1.165) is 38.3 Å². The summed E-state index contributed by atoms with van der Waals surface area (Å²) in [4.78, 5) is 21.7. The Bertz CT molecular complexity index is 1430. The van der Waals surface area contributed by atoms with Gasteiger partial charge in [-0.05, 0) is 49.9 Å². The largest absolute Gasteiger partial charge is 0.506 e. The highest BCUT2D eigenvalue weighted by atomic mass is 35.5. The third kappa shape index (κ3) is 4.72. The van der Waals surface area contributed by atoms with E-state index in [0.29, 0.717) is 46.7 Å². The van der Waals surface area contributed by atoms with E-state index in [4.69, 9.17) is 16.3 Å². The van der Waals surface area contributed by atoms with Crippen molar-refractivity contribution in [3.63, 3.8) is 0 Å². The van der Waals surface area contributed by atoms with Gasteiger partial charge in [0.05, 0.1) is 30.1 Å². The summed E-state index contributed by atoms with van der Waals surface area (Å²) in [6.45, 7) is 2.09. The molecule has 0 amide bonds. The molecule has 1 aliphatic heterocycles. The molecule has 0 bridgehead atoms. The van der Waals surface area contributed by atoms with E-state index in [-0.39, 0.29) is 29.0 Å². The van der Waals surface area contributed by atoms with Crippen molar-refractivity contribution in [2.75, 3.05) is 36.6 Å². The Balaban J connectivity index is 1.42. The number of rotatable bonds is 6. The number of hydrogen-bond acceptors (Lipinski definition) is 7. The number of aryl methyl sites for hydroxylation is 1. The van der Waals surface area contributed by atoms with Crippen molar-refractivity contribution in [1.29, 1.82) is 5.26 Å². The van der Waals surface area contributed by atoms with E-state index in [1.807, 2.05) is 11.9 Å². The number of fused-ring (bicyclic) bond motifs is 1. The second kappa shape index (κ2) is 10.2. The van der Waals surface area contributed by atoms with Gasteiger partial charge in [0.1, 0.15) is 33.9 Å². The smallest absolute Gasteiger partial charge is 0.270 e. The van der Waals surface area contributed by atoms with Gasteiger partial charge in [-0.15, -0.1) is 0 Å². The maximum absolute atomic E-state index is 13.7. The van der Waals surface area contributed by atoms with Gasteiger partial charge < -0.3 is 24.2 Å². The number of phenolic OH excluding ortho intramolecular Hbond substituents is 1. The second-order valence-electron chi connectivity index (χ2n) is 9.96. The van der Waals surface area contributed by atoms with Gasteiger partial charge >= 0.3 is 0 Å². The Morgan fingerprint density at radius 2 is 1.92 bits per heavy atom. The minimum Gasteiger partial charge on any atom is -0.506 e. The zero-order valence-corrected chi connectivity index (χ0v) is 21.6. The Morgan fingerprint density at radius 1 is 1.22 bits per heavy atom. The molecular weight excluding hydrogens is 497 g/mol. The van der Waals surface area contributed by atoms with Gasteiger partial charge in [-0.25, -0.2) is 9.37 Å². The van der Waals surface area contributed by atoms with E-state index in [1.54, 1.807) is 25.2 Å². The molecule has 0 spiro atoms. The number of pyridine rings is 2. The van der Waals surface area contributed by atoms with Crippen molar-refractivity contribution in [2.45, 2.75) is 37.8 Å². The Labute approximate surface area is 219 Å². The third-order valence-electron chi connectivity index (χ3n) is 7.71. The number of halogens is 2. The van der Waals surface area contributed by atoms with Crippen LogP contribution in [0.2, 0.25) is 5.15 Å². The fourth-order valence-corrected chi connectivity index (χ4v) is 5.75. The minimum absolute atomic E-state index is 0.0530. The number of aromatic hydroxyl groups is 1. The lowest BCUT2D eigenvalue weighted by atomic mass is 9.88. The lowest BCUT2D eigenvalue weighted by molar-refractivity contribution is -0.0286. The number of hydrogen-bond donors (Lipinski definition) is 1. The number of nitrogens with zero attached hydrogens (tertiary/aromatic N) is 5. The minimum atomic E-state index is -0.471. The number of ether oxygens (including phenoxy) is 1. The molecule has 2 fully saturated rings. The van der Waals surface area contributed by atoms with Crippen molar-refractivity contribution >= 4 is 34.0 Å². The molecule has 3 aromatic rings. The molecule has 2 aliphatic rings. The van der Waals surface area contributed by atoms with Crippen LogP contribution in [0.3, 0.4) is 0 Å². The van der Waals surface area contributed by atoms with E-state index in [1.165, 1.54) is 10.6 Å². The first-order chi connectivity index (χ1) is 17.8. The van der Waals surface area contributed by atoms with Crippen LogP contribution in [0.5, 0.6) is 5.75 Å². The van der Waals surface area contributed by atoms with Gasteiger partial charge in [-0.3, -0.25) is 4.79 Å². The van der Waals surface area contributed by atoms with Crippen LogP contribution in [-0.2, 0) is 11.8 Å². The lowest BCUT2D eigenvalue weighted by Crippen LogP contribution is -2.48. The van der Waals surface area contributed by atoms with Gasteiger partial charge in [0, 0.05) is 44.7 Å². The highest BCUT2D eigenvalue weighted by Crippen LogP contribution is 2.38. The van der Waals surface area contributed by atoms with Crippen LogP contribution in [0, 0.1) is 23.1 Å². The molecule has 10 heteroatoms. The molecule has 1 aromatic carbocycles. The summed E-state index contributed by atoms with van der Waals surface area (Å²) in [6.07, 6.45) is 3.28. The number of aromatic nitrogens is 2. The van der Waals surface area contributed by atoms with Crippen molar-refractivity contribution in [3.05, 3.63) is 57.2 Å². The maximum atomic E-state index is 13.7. The van der Waals surface area contributed by atoms with Gasteiger partial charge in [0.15, 0.2) is 0 Å². The van der Waals surface area contributed by atoms with Crippen LogP contribution >= 0.6 is 11.6 Å². The zero-order chi connectivity index (χ0) is 26.3. The van der Waals surface area contributed by atoms with Crippen LogP contribution in [0.1, 0.15) is 31.2 Å². The van der Waals surface area contributed by atoms with Crippen LogP contribution in [-0.4, -0.2) is 53.5 Å². The van der Waals surface area contributed by atoms with Crippen molar-refractivity contribution in [1.82, 2.24) is 9.55 Å². The molecular formula is C27H29ClFN5O3. The average molecular weight is 526 g/mol. The fraction of sp³-hybridized carbons (Fsp3) is 0.444. The highest BCUT2D eigenvalue weighted by molar-refractivity contribution is 6.29. The number of phenols is 1. The first kappa shape index (κ1) is 25.3.